The van der Waals surface area contributed by atoms with Crippen molar-refractivity contribution in [3.63, 3.8) is 0 Å². The zero-order chi connectivity index (χ0) is 24.5. The van der Waals surface area contributed by atoms with Crippen LogP contribution in [0.5, 0.6) is 0 Å². The van der Waals surface area contributed by atoms with Crippen LogP contribution >= 0.6 is 0 Å². The van der Waals surface area contributed by atoms with Gasteiger partial charge in [-0.15, -0.1) is 0 Å². The summed E-state index contributed by atoms with van der Waals surface area (Å²) in [4.78, 5) is 16.2. The fraction of sp³-hybridized carbons (Fsp3) is 0.500. The van der Waals surface area contributed by atoms with Crippen LogP contribution in [0.1, 0.15) is 80.1 Å². The lowest BCUT2D eigenvalue weighted by Gasteiger charge is -2.28. The number of H-pyrrole nitrogens is 2. The maximum absolute atomic E-state index is 10.3. The Morgan fingerprint density at radius 2 is 1.50 bits per heavy atom. The molecule has 2 saturated heterocycles. The normalized spacial score (nSPS) is 26.8. The number of rotatable bonds is 7. The molecule has 2 fully saturated rings. The van der Waals surface area contributed by atoms with Crippen LogP contribution in [0.3, 0.4) is 0 Å². The maximum Gasteiger partial charge on any atom is 0.123 e. The lowest BCUT2D eigenvalue weighted by molar-refractivity contribution is 0.248. The molecule has 8 heteroatoms. The largest absolute Gasteiger partial charge is 0.396 e. The molecular weight excluding hydrogens is 452 g/mol. The second kappa shape index (κ2) is 10.3. The molecule has 6 N–H and O–H groups in total. The second-order valence-electron chi connectivity index (χ2n) is 10.4. The predicted octanol–water partition coefficient (Wildman–Crippen LogP) is 3.47. The number of nitrogens with one attached hydrogen (secondary N) is 4. The van der Waals surface area contributed by atoms with Crippen molar-refractivity contribution in [1.82, 2.24) is 30.6 Å². The Labute approximate surface area is 211 Å². The Morgan fingerprint density at radius 3 is 2.08 bits per heavy atom. The standard InChI is InChI=1S/C28H36N6O2/c35-15-19-11-17(25-13-31-27(33-25)23-3-1-9-29-23)5-7-21(19)22-8-6-18(12-20(22)16-36)26-14-32-28(34-26)24-4-2-10-30-24/h5,7,12-14,19,23-24,29-30,35-36H,1-4,6,8-11,15-16H2,(H,31,33)(H,32,34). The van der Waals surface area contributed by atoms with Gasteiger partial charge in [0.25, 0.3) is 0 Å². The maximum atomic E-state index is 10.3. The summed E-state index contributed by atoms with van der Waals surface area (Å²) in [6, 6.07) is 0.619. The summed E-state index contributed by atoms with van der Waals surface area (Å²) >= 11 is 0. The third-order valence-corrected chi connectivity index (χ3v) is 8.15. The molecular formula is C28H36N6O2. The van der Waals surface area contributed by atoms with Crippen molar-refractivity contribution in [2.24, 2.45) is 5.92 Å². The molecule has 6 rings (SSSR count). The van der Waals surface area contributed by atoms with Crippen molar-refractivity contribution in [3.05, 3.63) is 70.4 Å². The molecule has 0 saturated carbocycles. The van der Waals surface area contributed by atoms with Gasteiger partial charge in [-0.2, -0.15) is 0 Å². The number of allylic oxidation sites excluding steroid dienone is 5. The minimum Gasteiger partial charge on any atom is -0.396 e. The van der Waals surface area contributed by atoms with Gasteiger partial charge in [-0.3, -0.25) is 0 Å². The van der Waals surface area contributed by atoms with Gasteiger partial charge in [0.2, 0.25) is 0 Å². The van der Waals surface area contributed by atoms with Crippen LogP contribution in [-0.4, -0.2) is 56.5 Å². The third kappa shape index (κ3) is 4.54. The summed E-state index contributed by atoms with van der Waals surface area (Å²) in [6.45, 7) is 2.14. The Hall–Kier alpha value is -2.78. The first kappa shape index (κ1) is 23.6. The van der Waals surface area contributed by atoms with Crippen LogP contribution in [0.4, 0.5) is 0 Å². The summed E-state index contributed by atoms with van der Waals surface area (Å²) in [5.74, 6) is 2.00. The van der Waals surface area contributed by atoms with Gasteiger partial charge in [0.15, 0.2) is 0 Å². The van der Waals surface area contributed by atoms with Crippen LogP contribution < -0.4 is 10.6 Å². The van der Waals surface area contributed by atoms with E-state index in [9.17, 15) is 10.2 Å². The van der Waals surface area contributed by atoms with E-state index < -0.39 is 0 Å². The highest BCUT2D eigenvalue weighted by molar-refractivity contribution is 5.72. The number of aliphatic hydroxyl groups excluding tert-OH is 2. The highest BCUT2D eigenvalue weighted by Gasteiger charge is 2.28. The van der Waals surface area contributed by atoms with Crippen LogP contribution in [0.15, 0.2) is 47.3 Å². The van der Waals surface area contributed by atoms with Crippen molar-refractivity contribution < 1.29 is 10.2 Å². The molecule has 36 heavy (non-hydrogen) atoms. The van der Waals surface area contributed by atoms with Gasteiger partial charge in [0.05, 0.1) is 49.1 Å². The molecule has 190 valence electrons. The molecule has 0 bridgehead atoms. The minimum atomic E-state index is -0.0195. The molecule has 3 unspecified atom stereocenters. The molecule has 2 aliphatic carbocycles. The molecule has 8 nitrogen and oxygen atoms in total. The Kier molecular flexibility index (Phi) is 6.75. The fourth-order valence-corrected chi connectivity index (χ4v) is 6.14. The van der Waals surface area contributed by atoms with Crippen LogP contribution in [0, 0.1) is 5.92 Å². The Balaban J connectivity index is 1.25. The zero-order valence-corrected chi connectivity index (χ0v) is 20.7. The van der Waals surface area contributed by atoms with Gasteiger partial charge in [-0.05, 0) is 85.9 Å². The van der Waals surface area contributed by atoms with Crippen molar-refractivity contribution in [2.45, 2.75) is 57.0 Å². The van der Waals surface area contributed by atoms with Gasteiger partial charge in [-0.25, -0.2) is 9.97 Å². The van der Waals surface area contributed by atoms with Crippen LogP contribution in [0.2, 0.25) is 0 Å². The first-order chi connectivity index (χ1) is 17.7. The molecule has 0 aromatic carbocycles. The topological polar surface area (TPSA) is 122 Å². The second-order valence-corrected chi connectivity index (χ2v) is 10.4. The van der Waals surface area contributed by atoms with E-state index in [0.29, 0.717) is 12.1 Å². The van der Waals surface area contributed by atoms with Crippen molar-refractivity contribution in [2.75, 3.05) is 26.3 Å². The molecule has 0 spiro atoms. The monoisotopic (exact) mass is 488 g/mol. The molecule has 2 aliphatic heterocycles. The fourth-order valence-electron chi connectivity index (χ4n) is 6.14. The van der Waals surface area contributed by atoms with E-state index in [0.717, 1.165) is 84.9 Å². The number of aliphatic hydroxyl groups is 2. The van der Waals surface area contributed by atoms with Crippen molar-refractivity contribution in [1.29, 1.82) is 0 Å². The van der Waals surface area contributed by atoms with E-state index in [2.05, 4.69) is 48.8 Å². The smallest absolute Gasteiger partial charge is 0.123 e. The summed E-state index contributed by atoms with van der Waals surface area (Å²) in [7, 11) is 0. The summed E-state index contributed by atoms with van der Waals surface area (Å²) < 4.78 is 0. The Bertz CT molecular complexity index is 1220. The molecule has 0 amide bonds. The average molecular weight is 489 g/mol. The van der Waals surface area contributed by atoms with Crippen molar-refractivity contribution >= 4 is 11.1 Å². The highest BCUT2D eigenvalue weighted by Crippen LogP contribution is 2.41. The van der Waals surface area contributed by atoms with E-state index in [1.165, 1.54) is 24.0 Å². The number of aromatic nitrogens is 4. The number of hydrogen-bond donors (Lipinski definition) is 6. The van der Waals surface area contributed by atoms with Crippen LogP contribution in [0.25, 0.3) is 11.1 Å². The van der Waals surface area contributed by atoms with Crippen LogP contribution in [-0.2, 0) is 0 Å². The third-order valence-electron chi connectivity index (χ3n) is 8.15. The van der Waals surface area contributed by atoms with Crippen molar-refractivity contribution in [3.8, 4) is 0 Å². The molecule has 3 atom stereocenters. The van der Waals surface area contributed by atoms with E-state index in [1.54, 1.807) is 0 Å². The number of aromatic amines is 2. The SMILES string of the molecule is OCC1=C(C2=CC=C(c3cnc(C4CCCN4)[nH]3)CC2CO)CCC(c2cnc(C3CCCN3)[nH]2)=C1. The van der Waals surface area contributed by atoms with Gasteiger partial charge in [0, 0.05) is 5.92 Å². The van der Waals surface area contributed by atoms with Gasteiger partial charge >= 0.3 is 0 Å². The van der Waals surface area contributed by atoms with Gasteiger partial charge in [0.1, 0.15) is 11.6 Å². The first-order valence-corrected chi connectivity index (χ1v) is 13.4. The summed E-state index contributed by atoms with van der Waals surface area (Å²) in [5.41, 5.74) is 7.64. The number of nitrogens with zero attached hydrogens (tertiary/aromatic N) is 2. The Morgan fingerprint density at radius 1 is 0.833 bits per heavy atom. The van der Waals surface area contributed by atoms with E-state index >= 15 is 0 Å². The quantitative estimate of drug-likeness (QED) is 0.355. The molecule has 4 aliphatic rings. The molecule has 0 radical (unpaired) electrons. The summed E-state index contributed by atoms with van der Waals surface area (Å²) in [6.07, 6.45) is 17.3. The minimum absolute atomic E-state index is 0.0000497. The lowest BCUT2D eigenvalue weighted by Crippen LogP contribution is -2.18. The lowest BCUT2D eigenvalue weighted by atomic mass is 9.77. The molecule has 4 heterocycles. The van der Waals surface area contributed by atoms with E-state index in [1.807, 2.05) is 12.4 Å². The molecule has 2 aromatic heterocycles. The van der Waals surface area contributed by atoms with E-state index in [4.69, 9.17) is 0 Å². The highest BCUT2D eigenvalue weighted by atomic mass is 16.3. The predicted molar refractivity (Wildman–Crippen MR) is 140 cm³/mol. The van der Waals surface area contributed by atoms with Gasteiger partial charge in [-0.1, -0.05) is 18.2 Å². The van der Waals surface area contributed by atoms with Gasteiger partial charge < -0.3 is 30.8 Å². The zero-order valence-electron chi connectivity index (χ0n) is 20.7. The summed E-state index contributed by atoms with van der Waals surface area (Å²) in [5, 5.41) is 27.6. The number of hydrogen-bond acceptors (Lipinski definition) is 6. The number of imidazole rings is 2. The first-order valence-electron chi connectivity index (χ1n) is 13.4. The average Bonchev–Trinajstić information content (AvgIpc) is 3.74. The van der Waals surface area contributed by atoms with E-state index in [-0.39, 0.29) is 19.1 Å². The molecule has 2 aromatic rings.